The van der Waals surface area contributed by atoms with Gasteiger partial charge in [0.25, 0.3) is 5.91 Å². The molecule has 2 saturated heterocycles. The molecule has 2 fully saturated rings. The number of carbonyl (C=O) groups is 3. The number of imide groups is 1. The van der Waals surface area contributed by atoms with E-state index >= 15 is 0 Å². The summed E-state index contributed by atoms with van der Waals surface area (Å²) < 4.78 is 0. The van der Waals surface area contributed by atoms with Crippen LogP contribution in [0.4, 0.5) is 0 Å². The largest absolute Gasteiger partial charge is 0.333 e. The Labute approximate surface area is 153 Å². The summed E-state index contributed by atoms with van der Waals surface area (Å²) in [6.07, 6.45) is 0.767. The molecule has 0 radical (unpaired) electrons. The number of hydrogen-bond acceptors (Lipinski definition) is 4. The molecule has 2 heterocycles. The van der Waals surface area contributed by atoms with Crippen LogP contribution in [-0.2, 0) is 16.0 Å². The molecule has 3 atom stereocenters. The van der Waals surface area contributed by atoms with Gasteiger partial charge in [0.05, 0.1) is 5.92 Å². The number of rotatable bonds is 3. The Morgan fingerprint density at radius 1 is 1.20 bits per heavy atom. The number of carbonyl (C=O) groups excluding carboxylic acids is 3. The number of amides is 3. The van der Waals surface area contributed by atoms with Crippen molar-refractivity contribution < 1.29 is 14.4 Å². The van der Waals surface area contributed by atoms with Gasteiger partial charge in [-0.3, -0.25) is 19.7 Å². The maximum atomic E-state index is 12.7. The van der Waals surface area contributed by atoms with Gasteiger partial charge >= 0.3 is 0 Å². The van der Waals surface area contributed by atoms with Gasteiger partial charge < -0.3 is 10.2 Å². The van der Waals surface area contributed by atoms with Gasteiger partial charge in [-0.2, -0.15) is 0 Å². The highest BCUT2D eigenvalue weighted by atomic mass is 35.5. The van der Waals surface area contributed by atoms with Crippen molar-refractivity contribution >= 4 is 30.1 Å². The lowest BCUT2D eigenvalue weighted by Gasteiger charge is -2.38. The predicted molar refractivity (Wildman–Crippen MR) is 96.6 cm³/mol. The van der Waals surface area contributed by atoms with Crippen LogP contribution in [0.3, 0.4) is 0 Å². The second-order valence-corrected chi connectivity index (χ2v) is 6.70. The van der Waals surface area contributed by atoms with E-state index in [0.717, 1.165) is 12.1 Å². The van der Waals surface area contributed by atoms with Gasteiger partial charge in [-0.1, -0.05) is 12.1 Å². The van der Waals surface area contributed by atoms with Gasteiger partial charge in [0.2, 0.25) is 11.8 Å². The van der Waals surface area contributed by atoms with Crippen molar-refractivity contribution in [2.45, 2.75) is 38.8 Å². The number of hydrogen-bond donors (Lipinski definition) is 2. The predicted octanol–water partition coefficient (Wildman–Crippen LogP) is 1.14. The Morgan fingerprint density at radius 3 is 2.48 bits per heavy atom. The third-order valence-corrected chi connectivity index (χ3v) is 5.04. The van der Waals surface area contributed by atoms with Crippen molar-refractivity contribution in [3.05, 3.63) is 35.4 Å². The Bertz CT molecular complexity index is 662. The van der Waals surface area contributed by atoms with Gasteiger partial charge in [0, 0.05) is 37.2 Å². The first kappa shape index (κ1) is 19.4. The lowest BCUT2D eigenvalue weighted by atomic mass is 9.97. The molecule has 136 valence electrons. The molecule has 0 saturated carbocycles. The molecule has 3 unspecified atom stereocenters. The minimum Gasteiger partial charge on any atom is -0.333 e. The zero-order valence-electron chi connectivity index (χ0n) is 14.5. The molecule has 0 aromatic heterocycles. The number of nitrogens with zero attached hydrogens (tertiary/aromatic N) is 1. The van der Waals surface area contributed by atoms with Crippen molar-refractivity contribution in [1.82, 2.24) is 15.5 Å². The van der Waals surface area contributed by atoms with Crippen LogP contribution in [0.1, 0.15) is 36.2 Å². The van der Waals surface area contributed by atoms with Crippen LogP contribution in [0.2, 0.25) is 0 Å². The Morgan fingerprint density at radius 2 is 1.88 bits per heavy atom. The van der Waals surface area contributed by atoms with Crippen molar-refractivity contribution in [3.8, 4) is 0 Å². The highest BCUT2D eigenvalue weighted by Gasteiger charge is 2.31. The number of nitrogens with one attached hydrogen (secondary N) is 2. The molecule has 0 spiro atoms. The zero-order valence-corrected chi connectivity index (χ0v) is 15.3. The average Bonchev–Trinajstić information content (AvgIpc) is 2.87. The molecule has 7 heteroatoms. The molecule has 2 aliphatic heterocycles. The van der Waals surface area contributed by atoms with Crippen LogP contribution < -0.4 is 10.6 Å². The fourth-order valence-electron chi connectivity index (χ4n) is 3.35. The van der Waals surface area contributed by atoms with E-state index < -0.39 is 0 Å². The number of piperazine rings is 1. The van der Waals surface area contributed by atoms with E-state index in [2.05, 4.69) is 24.5 Å². The third kappa shape index (κ3) is 4.19. The van der Waals surface area contributed by atoms with Gasteiger partial charge in [-0.25, -0.2) is 0 Å². The van der Waals surface area contributed by atoms with Gasteiger partial charge in [-0.15, -0.1) is 12.4 Å². The molecule has 3 amide bonds. The van der Waals surface area contributed by atoms with Crippen molar-refractivity contribution in [1.29, 1.82) is 0 Å². The molecule has 1 aromatic carbocycles. The fourth-order valence-corrected chi connectivity index (χ4v) is 3.35. The first-order valence-electron chi connectivity index (χ1n) is 8.42. The topological polar surface area (TPSA) is 78.5 Å². The first-order chi connectivity index (χ1) is 11.5. The van der Waals surface area contributed by atoms with Crippen LogP contribution in [0, 0.1) is 5.92 Å². The van der Waals surface area contributed by atoms with Gasteiger partial charge in [-0.05, 0) is 38.0 Å². The van der Waals surface area contributed by atoms with Crippen LogP contribution >= 0.6 is 12.4 Å². The maximum absolute atomic E-state index is 12.7. The van der Waals surface area contributed by atoms with Crippen LogP contribution in [-0.4, -0.2) is 47.8 Å². The van der Waals surface area contributed by atoms with Crippen LogP contribution in [0.5, 0.6) is 0 Å². The van der Waals surface area contributed by atoms with Crippen molar-refractivity contribution in [2.24, 2.45) is 5.92 Å². The molecule has 0 bridgehead atoms. The molecular formula is C18H24ClN3O3. The van der Waals surface area contributed by atoms with E-state index in [4.69, 9.17) is 0 Å². The fraction of sp³-hybridized carbons (Fsp3) is 0.500. The summed E-state index contributed by atoms with van der Waals surface area (Å²) in [5, 5.41) is 5.69. The summed E-state index contributed by atoms with van der Waals surface area (Å²) >= 11 is 0. The average molecular weight is 366 g/mol. The summed E-state index contributed by atoms with van der Waals surface area (Å²) in [5.74, 6) is -0.674. The lowest BCUT2D eigenvalue weighted by Crippen LogP contribution is -2.57. The summed E-state index contributed by atoms with van der Waals surface area (Å²) in [4.78, 5) is 37.5. The molecule has 2 N–H and O–H groups in total. The van der Waals surface area contributed by atoms with Crippen LogP contribution in [0.15, 0.2) is 24.3 Å². The molecular weight excluding hydrogens is 342 g/mol. The smallest absolute Gasteiger partial charge is 0.254 e. The monoisotopic (exact) mass is 365 g/mol. The van der Waals surface area contributed by atoms with E-state index in [-0.39, 0.29) is 54.6 Å². The second-order valence-electron chi connectivity index (χ2n) is 6.70. The van der Waals surface area contributed by atoms with Crippen molar-refractivity contribution in [3.63, 3.8) is 0 Å². The van der Waals surface area contributed by atoms with Crippen molar-refractivity contribution in [2.75, 3.05) is 13.1 Å². The quantitative estimate of drug-likeness (QED) is 0.787. The van der Waals surface area contributed by atoms with Crippen LogP contribution in [0.25, 0.3) is 0 Å². The maximum Gasteiger partial charge on any atom is 0.254 e. The molecule has 0 aliphatic carbocycles. The number of benzene rings is 1. The summed E-state index contributed by atoms with van der Waals surface area (Å²) in [6.45, 7) is 5.65. The highest BCUT2D eigenvalue weighted by molar-refractivity contribution is 6.03. The van der Waals surface area contributed by atoms with E-state index in [1.807, 2.05) is 29.2 Å². The Balaban J connectivity index is 0.00000225. The van der Waals surface area contributed by atoms with E-state index in [1.54, 1.807) is 0 Å². The van der Waals surface area contributed by atoms with E-state index in [0.29, 0.717) is 18.5 Å². The van der Waals surface area contributed by atoms with Gasteiger partial charge in [0.15, 0.2) is 0 Å². The zero-order chi connectivity index (χ0) is 17.3. The minimum absolute atomic E-state index is 0. The summed E-state index contributed by atoms with van der Waals surface area (Å²) in [5.41, 5.74) is 1.62. The molecule has 1 aromatic rings. The second kappa shape index (κ2) is 7.97. The first-order valence-corrected chi connectivity index (χ1v) is 8.42. The van der Waals surface area contributed by atoms with E-state index in [9.17, 15) is 14.4 Å². The van der Waals surface area contributed by atoms with Gasteiger partial charge in [0.1, 0.15) is 0 Å². The van der Waals surface area contributed by atoms with E-state index in [1.165, 1.54) is 0 Å². The molecule has 2 aliphatic rings. The lowest BCUT2D eigenvalue weighted by molar-refractivity contribution is -0.125. The highest BCUT2D eigenvalue weighted by Crippen LogP contribution is 2.19. The SMILES string of the molecule is CC1NCCN(C(=O)c2ccc(CC3CC(=O)NC3=O)cc2)C1C.Cl. The third-order valence-electron chi connectivity index (χ3n) is 5.04. The normalized spacial score (nSPS) is 26.2. The summed E-state index contributed by atoms with van der Waals surface area (Å²) in [7, 11) is 0. The molecule has 25 heavy (non-hydrogen) atoms. The standard InChI is InChI=1S/C18H23N3O3.ClH/c1-11-12(2)21(8-7-19-11)18(24)14-5-3-13(4-6-14)9-15-10-16(22)20-17(15)23;/h3-6,11-12,15,19H,7-10H2,1-2H3,(H,20,22,23);1H. The molecule has 3 rings (SSSR count). The molecule has 6 nitrogen and oxygen atoms in total. The Hall–Kier alpha value is -1.92. The Kier molecular flexibility index (Phi) is 6.19. The number of halogens is 1. The summed E-state index contributed by atoms with van der Waals surface area (Å²) in [6, 6.07) is 7.80. The minimum atomic E-state index is -0.298.